The topological polar surface area (TPSA) is 37.4 Å². The summed E-state index contributed by atoms with van der Waals surface area (Å²) in [7, 11) is 2.93. The fourth-order valence-electron chi connectivity index (χ4n) is 4.36. The van der Waals surface area contributed by atoms with E-state index in [1.807, 2.05) is 114 Å². The van der Waals surface area contributed by atoms with E-state index in [9.17, 15) is 9.59 Å². The fraction of sp³-hybridized carbons (Fsp3) is 0.412. The lowest BCUT2D eigenvalue weighted by Crippen LogP contribution is -2.46. The Kier molecular flexibility index (Phi) is 15.8. The molecule has 40 heavy (non-hydrogen) atoms. The average molecular weight is 600 g/mol. The van der Waals surface area contributed by atoms with Crippen molar-refractivity contribution in [3.63, 3.8) is 0 Å². The first-order valence-electron chi connectivity index (χ1n) is 14.4. The van der Waals surface area contributed by atoms with Gasteiger partial charge >= 0.3 is 0 Å². The Hall–Kier alpha value is -2.13. The minimum Gasteiger partial charge on any atom is -0.345 e. The van der Waals surface area contributed by atoms with Gasteiger partial charge in [-0.05, 0) is 83.5 Å². The smallest absolute Gasteiger partial charge is 0.193 e. The summed E-state index contributed by atoms with van der Waals surface area (Å²) in [6, 6.07) is 20.6. The summed E-state index contributed by atoms with van der Waals surface area (Å²) in [5.41, 5.74) is 4.47. The summed E-state index contributed by atoms with van der Waals surface area (Å²) in [6.45, 7) is 19.0. The van der Waals surface area contributed by atoms with Crippen LogP contribution < -0.4 is 4.90 Å². The second kappa shape index (κ2) is 17.6. The molecule has 218 valence electrons. The van der Waals surface area contributed by atoms with E-state index in [0.717, 1.165) is 42.5 Å². The molecule has 1 aliphatic heterocycles. The third-order valence-electron chi connectivity index (χ3n) is 6.97. The van der Waals surface area contributed by atoms with Crippen molar-refractivity contribution in [1.29, 1.82) is 0 Å². The molecule has 6 heteroatoms. The maximum Gasteiger partial charge on any atom is 0.193 e. The summed E-state index contributed by atoms with van der Waals surface area (Å²) in [5, 5.41) is 1.03. The number of benzene rings is 3. The van der Waals surface area contributed by atoms with E-state index in [1.54, 1.807) is 17.8 Å². The number of anilines is 2. The van der Waals surface area contributed by atoms with E-state index in [2.05, 4.69) is 20.8 Å². The van der Waals surface area contributed by atoms with Crippen LogP contribution >= 0.6 is 31.9 Å². The van der Waals surface area contributed by atoms with Crippen molar-refractivity contribution < 1.29 is 9.59 Å². The summed E-state index contributed by atoms with van der Waals surface area (Å²) >= 11 is 7.72. The van der Waals surface area contributed by atoms with Crippen LogP contribution in [-0.4, -0.2) is 35.7 Å². The van der Waals surface area contributed by atoms with E-state index in [4.69, 9.17) is 11.6 Å². The molecule has 1 saturated heterocycles. The van der Waals surface area contributed by atoms with Gasteiger partial charge in [-0.25, -0.2) is 0 Å². The molecule has 3 aromatic rings. The lowest BCUT2D eigenvalue weighted by Gasteiger charge is -2.51. The largest absolute Gasteiger partial charge is 0.345 e. The number of hydrogen-bond donors (Lipinski definition) is 0. The molecule has 1 heterocycles. The third kappa shape index (κ3) is 8.93. The molecule has 0 aromatic heterocycles. The molecule has 0 saturated carbocycles. The number of aldehydes is 1. The number of carbonyl (C=O) groups excluding carboxylic acids is 2. The zero-order chi connectivity index (χ0) is 30.5. The SMILES string of the molecule is CC.CC.CC.CC1PC(C)(CSc2ccc(C(=O)c3ccc(N(C)c4ccc(Cl)cc4)cc3)cc2C=O)C1C. The highest BCUT2D eigenvalue weighted by molar-refractivity contribution is 7.99. The minimum absolute atomic E-state index is 0.0878. The zero-order valence-electron chi connectivity index (χ0n) is 25.8. The molecule has 0 radical (unpaired) electrons. The highest BCUT2D eigenvalue weighted by atomic mass is 35.5. The maximum atomic E-state index is 13.1. The van der Waals surface area contributed by atoms with Crippen molar-refractivity contribution in [2.24, 2.45) is 5.92 Å². The molecule has 4 unspecified atom stereocenters. The molecule has 4 rings (SSSR count). The first-order chi connectivity index (χ1) is 19.2. The molecular formula is C34H47ClNO2PS. The van der Waals surface area contributed by atoms with E-state index in [0.29, 0.717) is 32.8 Å². The molecule has 0 aliphatic carbocycles. The Morgan fingerprint density at radius 3 is 1.88 bits per heavy atom. The lowest BCUT2D eigenvalue weighted by atomic mass is 9.92. The third-order valence-corrected chi connectivity index (χ3v) is 11.2. The van der Waals surface area contributed by atoms with Crippen molar-refractivity contribution in [2.75, 3.05) is 17.7 Å². The van der Waals surface area contributed by atoms with E-state index < -0.39 is 0 Å². The van der Waals surface area contributed by atoms with Gasteiger partial charge in [-0.2, -0.15) is 0 Å². The van der Waals surface area contributed by atoms with Gasteiger partial charge in [0.1, 0.15) is 0 Å². The molecule has 0 spiro atoms. The van der Waals surface area contributed by atoms with Gasteiger partial charge in [-0.3, -0.25) is 9.59 Å². The van der Waals surface area contributed by atoms with Crippen molar-refractivity contribution in [3.8, 4) is 0 Å². The molecule has 3 aromatic carbocycles. The van der Waals surface area contributed by atoms with Gasteiger partial charge in [0.05, 0.1) is 0 Å². The number of thioether (sulfide) groups is 1. The Labute approximate surface area is 254 Å². The van der Waals surface area contributed by atoms with Crippen molar-refractivity contribution in [1.82, 2.24) is 0 Å². The molecule has 3 nitrogen and oxygen atoms in total. The quantitative estimate of drug-likeness (QED) is 0.112. The van der Waals surface area contributed by atoms with Crippen LogP contribution in [0.1, 0.15) is 88.6 Å². The summed E-state index contributed by atoms with van der Waals surface area (Å²) in [4.78, 5) is 27.9. The van der Waals surface area contributed by atoms with Gasteiger partial charge in [0, 0.05) is 50.8 Å². The van der Waals surface area contributed by atoms with Crippen molar-refractivity contribution >= 4 is 55.4 Å². The number of hydrogen-bond acceptors (Lipinski definition) is 4. The minimum atomic E-state index is -0.0878. The van der Waals surface area contributed by atoms with Crippen molar-refractivity contribution in [2.45, 2.75) is 78.0 Å². The Balaban J connectivity index is 0.00000125. The fourth-order valence-corrected chi connectivity index (χ4v) is 8.09. The standard InChI is InChI=1S/C28H29ClNO2PS.3C2H6/c1-18-19(2)33-28(18,3)17-34-26-14-7-21(15-22(26)16-31)27(32)20-5-10-24(11-6-20)30(4)25-12-8-23(29)9-13-25;3*1-2/h5-16,18-19,33H,17H2,1-4H3;3*1-2H3. The number of nitrogens with zero attached hydrogens (tertiary/aromatic N) is 1. The highest BCUT2D eigenvalue weighted by Gasteiger charge is 2.45. The highest BCUT2D eigenvalue weighted by Crippen LogP contribution is 2.58. The number of carbonyl (C=O) groups is 2. The summed E-state index contributed by atoms with van der Waals surface area (Å²) in [6.07, 6.45) is 0.862. The lowest BCUT2D eigenvalue weighted by molar-refractivity contribution is 0.103. The van der Waals surface area contributed by atoms with Gasteiger partial charge in [0.25, 0.3) is 0 Å². The van der Waals surface area contributed by atoms with Crippen LogP contribution in [-0.2, 0) is 0 Å². The Morgan fingerprint density at radius 2 is 1.40 bits per heavy atom. The van der Waals surface area contributed by atoms with Crippen LogP contribution in [0.5, 0.6) is 0 Å². The first kappa shape index (κ1) is 35.9. The van der Waals surface area contributed by atoms with Crippen LogP contribution in [0.15, 0.2) is 71.6 Å². The van der Waals surface area contributed by atoms with Crippen LogP contribution in [0, 0.1) is 5.92 Å². The summed E-state index contributed by atoms with van der Waals surface area (Å²) in [5.74, 6) is 1.60. The second-order valence-corrected chi connectivity index (χ2v) is 13.0. The van der Waals surface area contributed by atoms with Crippen LogP contribution in [0.25, 0.3) is 0 Å². The normalized spacial score (nSPS) is 19.4. The summed E-state index contributed by atoms with van der Waals surface area (Å²) < 4.78 is 0. The van der Waals surface area contributed by atoms with Crippen molar-refractivity contribution in [3.05, 3.63) is 88.4 Å². The second-order valence-electron chi connectivity index (χ2n) is 9.21. The molecule has 1 aliphatic rings. The zero-order valence-corrected chi connectivity index (χ0v) is 28.4. The predicted molar refractivity (Wildman–Crippen MR) is 181 cm³/mol. The van der Waals surface area contributed by atoms with Gasteiger partial charge in [0.2, 0.25) is 0 Å². The molecule has 1 fully saturated rings. The van der Waals surface area contributed by atoms with Crippen LogP contribution in [0.4, 0.5) is 11.4 Å². The van der Waals surface area contributed by atoms with E-state index in [1.165, 1.54) is 0 Å². The average Bonchev–Trinajstić information content (AvgIpc) is 3.02. The molecule has 0 amide bonds. The predicted octanol–water partition coefficient (Wildman–Crippen LogP) is 10.8. The molecule has 0 bridgehead atoms. The maximum absolute atomic E-state index is 13.1. The Bertz CT molecular complexity index is 1200. The van der Waals surface area contributed by atoms with E-state index in [-0.39, 0.29) is 5.78 Å². The molecule has 4 atom stereocenters. The monoisotopic (exact) mass is 599 g/mol. The number of halogens is 1. The van der Waals surface area contributed by atoms with Gasteiger partial charge in [-0.15, -0.1) is 20.3 Å². The number of ketones is 1. The van der Waals surface area contributed by atoms with Gasteiger partial charge < -0.3 is 4.90 Å². The van der Waals surface area contributed by atoms with Gasteiger partial charge in [-0.1, -0.05) is 73.9 Å². The first-order valence-corrected chi connectivity index (χ1v) is 16.8. The molecular weight excluding hydrogens is 553 g/mol. The van der Waals surface area contributed by atoms with Crippen LogP contribution in [0.3, 0.4) is 0 Å². The van der Waals surface area contributed by atoms with Gasteiger partial charge in [0.15, 0.2) is 12.1 Å². The number of rotatable bonds is 8. The van der Waals surface area contributed by atoms with Crippen LogP contribution in [0.2, 0.25) is 5.02 Å². The Morgan fingerprint density at radius 1 is 0.900 bits per heavy atom. The molecule has 0 N–H and O–H groups in total. The van der Waals surface area contributed by atoms with E-state index >= 15 is 0 Å².